The molecular formula is C9H16N2O3S. The highest BCUT2D eigenvalue weighted by molar-refractivity contribution is 7.94. The van der Waals surface area contributed by atoms with Gasteiger partial charge in [-0.3, -0.25) is 4.79 Å². The third-order valence-electron chi connectivity index (χ3n) is 3.26. The van der Waals surface area contributed by atoms with Gasteiger partial charge in [-0.15, -0.1) is 0 Å². The molecule has 2 rings (SSSR count). The number of carbonyl (C=O) groups excluding carboxylic acids is 1. The van der Waals surface area contributed by atoms with E-state index in [4.69, 9.17) is 0 Å². The summed E-state index contributed by atoms with van der Waals surface area (Å²) in [5.41, 5.74) is 0. The van der Waals surface area contributed by atoms with E-state index in [0.717, 1.165) is 30.2 Å². The third kappa shape index (κ3) is 1.31. The Balaban J connectivity index is 2.22. The Morgan fingerprint density at radius 3 is 2.33 bits per heavy atom. The van der Waals surface area contributed by atoms with Crippen LogP contribution in [0, 0.1) is 0 Å². The van der Waals surface area contributed by atoms with Crippen LogP contribution in [0.25, 0.3) is 0 Å². The van der Waals surface area contributed by atoms with Crippen LogP contribution in [-0.2, 0) is 14.8 Å². The predicted octanol–water partition coefficient (Wildman–Crippen LogP) is -0.311. The average molecular weight is 232 g/mol. The minimum Gasteiger partial charge on any atom is -0.317 e. The van der Waals surface area contributed by atoms with Crippen molar-refractivity contribution < 1.29 is 13.2 Å². The number of nitrogens with zero attached hydrogens (tertiary/aromatic N) is 1. The molecule has 1 N–H and O–H groups in total. The lowest BCUT2D eigenvalue weighted by Crippen LogP contribution is -2.70. The van der Waals surface area contributed by atoms with Gasteiger partial charge in [0.25, 0.3) is 15.9 Å². The van der Waals surface area contributed by atoms with E-state index in [1.165, 1.54) is 13.8 Å². The van der Waals surface area contributed by atoms with Crippen LogP contribution in [0.1, 0.15) is 26.7 Å². The minimum absolute atomic E-state index is 0.128. The standard InChI is InChI=1S/C9H16N2O3S/c1-9(2)8(12)11(15(9,13)14)7-3-5-10-6-4-7/h7,10H,3-6H2,1-2H3. The molecular weight excluding hydrogens is 216 g/mol. The van der Waals surface area contributed by atoms with E-state index in [0.29, 0.717) is 0 Å². The van der Waals surface area contributed by atoms with Gasteiger partial charge in [0.05, 0.1) is 6.04 Å². The molecule has 0 spiro atoms. The van der Waals surface area contributed by atoms with Crippen LogP contribution >= 0.6 is 0 Å². The van der Waals surface area contributed by atoms with Crippen LogP contribution in [0.5, 0.6) is 0 Å². The molecule has 0 aromatic heterocycles. The monoisotopic (exact) mass is 232 g/mol. The molecule has 2 fully saturated rings. The Labute approximate surface area is 89.9 Å². The molecule has 86 valence electrons. The van der Waals surface area contributed by atoms with Crippen molar-refractivity contribution in [3.05, 3.63) is 0 Å². The number of carbonyl (C=O) groups is 1. The first kappa shape index (κ1) is 10.9. The van der Waals surface area contributed by atoms with Gasteiger partial charge in [0.15, 0.2) is 4.75 Å². The number of hydrogen-bond donors (Lipinski definition) is 1. The lowest BCUT2D eigenvalue weighted by molar-refractivity contribution is -0.134. The number of hydrogen-bond acceptors (Lipinski definition) is 4. The summed E-state index contributed by atoms with van der Waals surface area (Å²) in [6.45, 7) is 4.51. The van der Waals surface area contributed by atoms with Gasteiger partial charge >= 0.3 is 0 Å². The van der Waals surface area contributed by atoms with Crippen molar-refractivity contribution >= 4 is 15.9 Å². The Morgan fingerprint density at radius 2 is 1.87 bits per heavy atom. The first-order valence-corrected chi connectivity index (χ1v) is 6.62. The van der Waals surface area contributed by atoms with E-state index in [1.807, 2.05) is 0 Å². The van der Waals surface area contributed by atoms with Gasteiger partial charge in [0.1, 0.15) is 0 Å². The molecule has 2 heterocycles. The molecule has 2 aliphatic heterocycles. The smallest absolute Gasteiger partial charge is 0.259 e. The van der Waals surface area contributed by atoms with E-state index in [2.05, 4.69) is 5.32 Å². The van der Waals surface area contributed by atoms with Crippen LogP contribution < -0.4 is 5.32 Å². The first-order valence-electron chi connectivity index (χ1n) is 5.18. The van der Waals surface area contributed by atoms with Crippen LogP contribution in [-0.4, -0.2) is 42.5 Å². The zero-order valence-corrected chi connectivity index (χ0v) is 9.80. The van der Waals surface area contributed by atoms with Crippen molar-refractivity contribution in [3.8, 4) is 0 Å². The molecule has 0 aromatic rings. The van der Waals surface area contributed by atoms with Crippen molar-refractivity contribution in [1.29, 1.82) is 0 Å². The van der Waals surface area contributed by atoms with Crippen molar-refractivity contribution in [2.24, 2.45) is 0 Å². The summed E-state index contributed by atoms with van der Waals surface area (Å²) in [5, 5.41) is 3.15. The largest absolute Gasteiger partial charge is 0.317 e. The van der Waals surface area contributed by atoms with Gasteiger partial charge in [-0.05, 0) is 39.8 Å². The van der Waals surface area contributed by atoms with Gasteiger partial charge < -0.3 is 5.32 Å². The lowest BCUT2D eigenvalue weighted by Gasteiger charge is -2.48. The van der Waals surface area contributed by atoms with Crippen molar-refractivity contribution in [2.75, 3.05) is 13.1 Å². The van der Waals surface area contributed by atoms with Crippen LogP contribution in [0.3, 0.4) is 0 Å². The molecule has 0 unspecified atom stereocenters. The SMILES string of the molecule is CC1(C)C(=O)N(C2CCNCC2)S1(=O)=O. The molecule has 0 saturated carbocycles. The van der Waals surface area contributed by atoms with Gasteiger partial charge in [-0.2, -0.15) is 0 Å². The Hall–Kier alpha value is -0.620. The van der Waals surface area contributed by atoms with E-state index in [9.17, 15) is 13.2 Å². The first-order chi connectivity index (χ1) is 6.89. The van der Waals surface area contributed by atoms with Crippen LogP contribution in [0.15, 0.2) is 0 Å². The highest BCUT2D eigenvalue weighted by Crippen LogP contribution is 2.38. The third-order valence-corrected chi connectivity index (χ3v) is 5.71. The molecule has 5 nitrogen and oxygen atoms in total. The molecule has 0 radical (unpaired) electrons. The Kier molecular flexibility index (Phi) is 2.31. The lowest BCUT2D eigenvalue weighted by atomic mass is 10.0. The fourth-order valence-corrected chi connectivity index (χ4v) is 3.82. The maximum atomic E-state index is 11.9. The molecule has 2 saturated heterocycles. The molecule has 1 amide bonds. The second kappa shape index (κ2) is 3.18. The molecule has 0 aliphatic carbocycles. The maximum absolute atomic E-state index is 11.9. The topological polar surface area (TPSA) is 66.5 Å². The summed E-state index contributed by atoms with van der Waals surface area (Å²) in [5.74, 6) is -0.255. The number of amides is 1. The van der Waals surface area contributed by atoms with Crippen LogP contribution in [0.2, 0.25) is 0 Å². The zero-order valence-electron chi connectivity index (χ0n) is 8.99. The molecule has 0 atom stereocenters. The number of piperidine rings is 1. The summed E-state index contributed by atoms with van der Waals surface area (Å²) in [6.07, 6.45) is 1.45. The van der Waals surface area contributed by atoms with E-state index in [1.54, 1.807) is 0 Å². The number of sulfonamides is 1. The van der Waals surface area contributed by atoms with Crippen molar-refractivity contribution in [1.82, 2.24) is 9.62 Å². The molecule has 2 aliphatic rings. The van der Waals surface area contributed by atoms with Gasteiger partial charge in [-0.25, -0.2) is 12.7 Å². The number of rotatable bonds is 1. The summed E-state index contributed by atoms with van der Waals surface area (Å²) >= 11 is 0. The summed E-state index contributed by atoms with van der Waals surface area (Å²) in [4.78, 5) is 11.7. The second-order valence-corrected chi connectivity index (χ2v) is 6.96. The van der Waals surface area contributed by atoms with E-state index >= 15 is 0 Å². The van der Waals surface area contributed by atoms with Gasteiger partial charge in [0, 0.05) is 0 Å². The zero-order chi connectivity index (χ0) is 11.3. The maximum Gasteiger partial charge on any atom is 0.259 e. The quantitative estimate of drug-likeness (QED) is 0.673. The fraction of sp³-hybridized carbons (Fsp3) is 0.889. The Bertz CT molecular complexity index is 382. The molecule has 15 heavy (non-hydrogen) atoms. The molecule has 6 heteroatoms. The highest BCUT2D eigenvalue weighted by atomic mass is 32.2. The highest BCUT2D eigenvalue weighted by Gasteiger charge is 2.62. The van der Waals surface area contributed by atoms with E-state index in [-0.39, 0.29) is 11.9 Å². The van der Waals surface area contributed by atoms with Crippen molar-refractivity contribution in [2.45, 2.75) is 37.5 Å². The average Bonchev–Trinajstić information content (AvgIpc) is 2.19. The summed E-state index contributed by atoms with van der Waals surface area (Å²) in [6, 6.07) is -0.128. The van der Waals surface area contributed by atoms with Crippen molar-refractivity contribution in [3.63, 3.8) is 0 Å². The molecule has 0 bridgehead atoms. The van der Waals surface area contributed by atoms with E-state index < -0.39 is 14.8 Å². The summed E-state index contributed by atoms with van der Waals surface area (Å²) in [7, 11) is -3.39. The fourth-order valence-electron chi connectivity index (χ4n) is 2.09. The Morgan fingerprint density at radius 1 is 1.33 bits per heavy atom. The minimum atomic E-state index is -3.39. The van der Waals surface area contributed by atoms with Gasteiger partial charge in [-0.1, -0.05) is 0 Å². The normalized spacial score (nSPS) is 30.0. The number of nitrogens with one attached hydrogen (secondary N) is 1. The second-order valence-electron chi connectivity index (χ2n) is 4.60. The molecule has 0 aromatic carbocycles. The van der Waals surface area contributed by atoms with Crippen LogP contribution in [0.4, 0.5) is 0 Å². The summed E-state index contributed by atoms with van der Waals surface area (Å²) < 4.78 is 23.6. The van der Waals surface area contributed by atoms with Gasteiger partial charge in [0.2, 0.25) is 0 Å². The predicted molar refractivity (Wildman–Crippen MR) is 55.7 cm³/mol.